The molecule has 0 radical (unpaired) electrons. The molecule has 4 aliphatic carbocycles. The van der Waals surface area contributed by atoms with E-state index < -0.39 is 0 Å². The van der Waals surface area contributed by atoms with Crippen LogP contribution in [0.3, 0.4) is 0 Å². The standard InChI is InChI=1S/C16H25NO3/c1-13-5-14(2)7-15(6-13,4-11(17)18)10-16(8-13,9-14)12(19)20-3/h4-10H2,1-3H3,(H2,17,18). The molecule has 0 aromatic carbocycles. The van der Waals surface area contributed by atoms with Crippen molar-refractivity contribution in [1.29, 1.82) is 0 Å². The van der Waals surface area contributed by atoms with Crippen molar-refractivity contribution in [3.8, 4) is 0 Å². The van der Waals surface area contributed by atoms with E-state index >= 15 is 0 Å². The number of primary amides is 1. The first-order valence-electron chi connectivity index (χ1n) is 7.51. The number of methoxy groups -OCH3 is 1. The summed E-state index contributed by atoms with van der Waals surface area (Å²) in [6, 6.07) is 0. The molecular formula is C16H25NO3. The molecule has 4 saturated carbocycles. The van der Waals surface area contributed by atoms with Crippen molar-refractivity contribution < 1.29 is 14.3 Å². The highest BCUT2D eigenvalue weighted by Crippen LogP contribution is 2.74. The van der Waals surface area contributed by atoms with E-state index in [-0.39, 0.29) is 33.5 Å². The molecule has 4 fully saturated rings. The summed E-state index contributed by atoms with van der Waals surface area (Å²) in [5, 5.41) is 0. The summed E-state index contributed by atoms with van der Waals surface area (Å²) in [6.07, 6.45) is 6.21. The molecule has 4 nitrogen and oxygen atoms in total. The van der Waals surface area contributed by atoms with Crippen molar-refractivity contribution in [2.24, 2.45) is 27.4 Å². The van der Waals surface area contributed by atoms with Crippen molar-refractivity contribution in [3.63, 3.8) is 0 Å². The summed E-state index contributed by atoms with van der Waals surface area (Å²) in [6.45, 7) is 4.55. The minimum Gasteiger partial charge on any atom is -0.469 e. The Morgan fingerprint density at radius 1 is 1.00 bits per heavy atom. The Kier molecular flexibility index (Phi) is 2.62. The fraction of sp³-hybridized carbons (Fsp3) is 0.875. The molecule has 4 bridgehead atoms. The molecule has 0 aromatic rings. The Morgan fingerprint density at radius 2 is 1.55 bits per heavy atom. The van der Waals surface area contributed by atoms with Gasteiger partial charge >= 0.3 is 5.97 Å². The Balaban J connectivity index is 2.05. The number of amides is 1. The predicted octanol–water partition coefficient (Wildman–Crippen LogP) is 2.40. The second kappa shape index (κ2) is 3.77. The van der Waals surface area contributed by atoms with Gasteiger partial charge in [-0.3, -0.25) is 9.59 Å². The van der Waals surface area contributed by atoms with E-state index in [1.165, 1.54) is 7.11 Å². The number of ether oxygens (including phenoxy) is 1. The van der Waals surface area contributed by atoms with E-state index in [0.717, 1.165) is 38.5 Å². The predicted molar refractivity (Wildman–Crippen MR) is 74.6 cm³/mol. The van der Waals surface area contributed by atoms with Crippen LogP contribution >= 0.6 is 0 Å². The molecule has 1 amide bonds. The molecule has 4 rings (SSSR count). The van der Waals surface area contributed by atoms with Crippen LogP contribution in [0.2, 0.25) is 0 Å². The zero-order valence-corrected chi connectivity index (χ0v) is 12.8. The molecular weight excluding hydrogens is 254 g/mol. The maximum absolute atomic E-state index is 12.4. The Morgan fingerprint density at radius 3 is 2.00 bits per heavy atom. The molecule has 112 valence electrons. The summed E-state index contributed by atoms with van der Waals surface area (Å²) >= 11 is 0. The minimum atomic E-state index is -0.386. The first-order chi connectivity index (χ1) is 9.14. The van der Waals surface area contributed by atoms with Crippen LogP contribution in [0, 0.1) is 21.7 Å². The summed E-state index contributed by atoms with van der Waals surface area (Å²) in [5.74, 6) is -0.318. The smallest absolute Gasteiger partial charge is 0.311 e. The van der Waals surface area contributed by atoms with Gasteiger partial charge in [-0.1, -0.05) is 13.8 Å². The van der Waals surface area contributed by atoms with Crippen LogP contribution in [0.25, 0.3) is 0 Å². The van der Waals surface area contributed by atoms with Crippen molar-refractivity contribution in [2.45, 2.75) is 58.8 Å². The van der Waals surface area contributed by atoms with Crippen LogP contribution in [-0.2, 0) is 14.3 Å². The van der Waals surface area contributed by atoms with Crippen LogP contribution < -0.4 is 5.73 Å². The lowest BCUT2D eigenvalue weighted by atomic mass is 9.35. The molecule has 4 heteroatoms. The van der Waals surface area contributed by atoms with Crippen molar-refractivity contribution in [3.05, 3.63) is 0 Å². The molecule has 20 heavy (non-hydrogen) atoms. The van der Waals surface area contributed by atoms with Crippen LogP contribution in [-0.4, -0.2) is 19.0 Å². The number of carbonyl (C=O) groups excluding carboxylic acids is 2. The van der Waals surface area contributed by atoms with E-state index in [0.29, 0.717) is 6.42 Å². The molecule has 2 unspecified atom stereocenters. The summed E-state index contributed by atoms with van der Waals surface area (Å²) < 4.78 is 5.12. The summed E-state index contributed by atoms with van der Waals surface area (Å²) in [5.41, 5.74) is 5.32. The monoisotopic (exact) mass is 279 g/mol. The van der Waals surface area contributed by atoms with Gasteiger partial charge in [0.25, 0.3) is 0 Å². The Labute approximate surface area is 120 Å². The Hall–Kier alpha value is -1.06. The van der Waals surface area contributed by atoms with Gasteiger partial charge in [0, 0.05) is 6.42 Å². The molecule has 4 aliphatic rings. The van der Waals surface area contributed by atoms with E-state index in [1.54, 1.807) is 0 Å². The number of hydrogen-bond donors (Lipinski definition) is 1. The number of rotatable bonds is 3. The lowest BCUT2D eigenvalue weighted by molar-refractivity contribution is -0.211. The van der Waals surface area contributed by atoms with Gasteiger partial charge < -0.3 is 10.5 Å². The number of esters is 1. The van der Waals surface area contributed by atoms with E-state index in [1.807, 2.05) is 0 Å². The van der Waals surface area contributed by atoms with E-state index in [2.05, 4.69) is 13.8 Å². The van der Waals surface area contributed by atoms with Gasteiger partial charge in [0.15, 0.2) is 0 Å². The first kappa shape index (κ1) is 13.9. The molecule has 2 N–H and O–H groups in total. The third kappa shape index (κ3) is 1.87. The second-order valence-electron chi connectivity index (χ2n) is 8.60. The average Bonchev–Trinajstić information content (AvgIpc) is 2.20. The third-order valence-electron chi connectivity index (χ3n) is 5.87. The highest BCUT2D eigenvalue weighted by molar-refractivity contribution is 5.79. The molecule has 0 aliphatic heterocycles. The van der Waals surface area contributed by atoms with Crippen LogP contribution in [0.4, 0.5) is 0 Å². The van der Waals surface area contributed by atoms with Gasteiger partial charge in [-0.05, 0) is 54.8 Å². The van der Waals surface area contributed by atoms with Crippen molar-refractivity contribution in [2.75, 3.05) is 7.11 Å². The minimum absolute atomic E-state index is 0.0807. The van der Waals surface area contributed by atoms with Crippen molar-refractivity contribution in [1.82, 2.24) is 0 Å². The third-order valence-corrected chi connectivity index (χ3v) is 5.87. The lowest BCUT2D eigenvalue weighted by Crippen LogP contribution is -2.62. The molecule has 0 heterocycles. The second-order valence-corrected chi connectivity index (χ2v) is 8.60. The number of nitrogens with two attached hydrogens (primary N) is 1. The van der Waals surface area contributed by atoms with Gasteiger partial charge in [-0.15, -0.1) is 0 Å². The van der Waals surface area contributed by atoms with Gasteiger partial charge in [-0.25, -0.2) is 0 Å². The van der Waals surface area contributed by atoms with Crippen LogP contribution in [0.5, 0.6) is 0 Å². The molecule has 0 aromatic heterocycles. The van der Waals surface area contributed by atoms with Gasteiger partial charge in [0.2, 0.25) is 5.91 Å². The maximum atomic E-state index is 12.4. The fourth-order valence-electron chi connectivity index (χ4n) is 6.93. The Bertz CT molecular complexity index is 466. The maximum Gasteiger partial charge on any atom is 0.311 e. The van der Waals surface area contributed by atoms with E-state index in [4.69, 9.17) is 10.5 Å². The topological polar surface area (TPSA) is 69.4 Å². The average molecular weight is 279 g/mol. The van der Waals surface area contributed by atoms with Crippen LogP contribution in [0.1, 0.15) is 58.8 Å². The fourth-order valence-corrected chi connectivity index (χ4v) is 6.93. The first-order valence-corrected chi connectivity index (χ1v) is 7.51. The quantitative estimate of drug-likeness (QED) is 0.806. The van der Waals surface area contributed by atoms with Gasteiger partial charge in [-0.2, -0.15) is 0 Å². The normalized spacial score (nSPS) is 49.1. The molecule has 2 atom stereocenters. The zero-order chi connectivity index (χ0) is 14.8. The largest absolute Gasteiger partial charge is 0.469 e. The van der Waals surface area contributed by atoms with Crippen molar-refractivity contribution >= 4 is 11.9 Å². The SMILES string of the molecule is COC(=O)C12CC3(C)CC(C)(CC(CC(N)=O)(C3)C1)C2. The van der Waals surface area contributed by atoms with Gasteiger partial charge in [0.05, 0.1) is 12.5 Å². The highest BCUT2D eigenvalue weighted by atomic mass is 16.5. The van der Waals surface area contributed by atoms with E-state index in [9.17, 15) is 9.59 Å². The summed E-state index contributed by atoms with van der Waals surface area (Å²) in [4.78, 5) is 24.0. The lowest BCUT2D eigenvalue weighted by Gasteiger charge is -2.68. The van der Waals surface area contributed by atoms with Gasteiger partial charge in [0.1, 0.15) is 0 Å². The van der Waals surface area contributed by atoms with Crippen LogP contribution in [0.15, 0.2) is 0 Å². The highest BCUT2D eigenvalue weighted by Gasteiger charge is 2.68. The zero-order valence-electron chi connectivity index (χ0n) is 12.8. The number of carbonyl (C=O) groups is 2. The number of hydrogen-bond acceptors (Lipinski definition) is 3. The molecule has 0 saturated heterocycles. The summed E-state index contributed by atoms with van der Waals surface area (Å²) in [7, 11) is 1.48. The molecule has 0 spiro atoms.